The fourth-order valence-corrected chi connectivity index (χ4v) is 2.77. The van der Waals surface area contributed by atoms with Crippen LogP contribution in [0.1, 0.15) is 50.4 Å². The van der Waals surface area contributed by atoms with Crippen molar-refractivity contribution in [2.24, 2.45) is 0 Å². The fraction of sp³-hybridized carbons (Fsp3) is 0.500. The normalized spacial score (nSPS) is 18.1. The molecule has 0 amide bonds. The molecule has 1 unspecified atom stereocenters. The van der Waals surface area contributed by atoms with Crippen LogP contribution in [-0.4, -0.2) is 23.3 Å². The number of nitrogens with one attached hydrogen (secondary N) is 1. The van der Waals surface area contributed by atoms with Gasteiger partial charge in [-0.2, -0.15) is 4.98 Å². The topological polar surface area (TPSA) is 60.2 Å². The van der Waals surface area contributed by atoms with Crippen LogP contribution in [0.15, 0.2) is 28.8 Å². The van der Waals surface area contributed by atoms with Crippen LogP contribution in [0, 0.1) is 0 Å². The summed E-state index contributed by atoms with van der Waals surface area (Å²) in [6.07, 6.45) is 0.952. The van der Waals surface area contributed by atoms with Crippen molar-refractivity contribution in [1.29, 1.82) is 0 Å². The molecule has 1 aliphatic heterocycles. The van der Waals surface area contributed by atoms with E-state index in [1.54, 1.807) is 0 Å². The molecule has 1 aromatic heterocycles. The van der Waals surface area contributed by atoms with Crippen molar-refractivity contribution in [3.05, 3.63) is 41.5 Å². The van der Waals surface area contributed by atoms with E-state index in [2.05, 4.69) is 27.6 Å². The van der Waals surface area contributed by atoms with Crippen LogP contribution in [0.5, 0.6) is 0 Å². The second-order valence-electron chi connectivity index (χ2n) is 5.75. The van der Waals surface area contributed by atoms with Crippen LogP contribution in [0.3, 0.4) is 0 Å². The molecule has 0 radical (unpaired) electrons. The third-order valence-corrected chi connectivity index (χ3v) is 3.87. The van der Waals surface area contributed by atoms with E-state index in [0.29, 0.717) is 18.3 Å². The SMILES string of the molecule is CCOC(C)(C)c1noc(C2CCNc3ccccc32)n1. The quantitative estimate of drug-likeness (QED) is 0.935. The van der Waals surface area contributed by atoms with Crippen molar-refractivity contribution in [3.63, 3.8) is 0 Å². The van der Waals surface area contributed by atoms with Crippen LogP contribution in [-0.2, 0) is 10.3 Å². The maximum Gasteiger partial charge on any atom is 0.234 e. The molecule has 2 heterocycles. The molecule has 1 aliphatic rings. The summed E-state index contributed by atoms with van der Waals surface area (Å²) in [4.78, 5) is 4.59. The molecule has 1 atom stereocenters. The zero-order chi connectivity index (χ0) is 14.9. The molecule has 21 heavy (non-hydrogen) atoms. The highest BCUT2D eigenvalue weighted by Crippen LogP contribution is 2.36. The van der Waals surface area contributed by atoms with Crippen LogP contribution in [0.4, 0.5) is 5.69 Å². The van der Waals surface area contributed by atoms with E-state index in [-0.39, 0.29) is 5.92 Å². The third-order valence-electron chi connectivity index (χ3n) is 3.87. The lowest BCUT2D eigenvalue weighted by atomic mass is 9.91. The monoisotopic (exact) mass is 287 g/mol. The molecule has 0 saturated carbocycles. The van der Waals surface area contributed by atoms with Gasteiger partial charge in [0, 0.05) is 18.8 Å². The Morgan fingerprint density at radius 2 is 2.19 bits per heavy atom. The zero-order valence-corrected chi connectivity index (χ0v) is 12.7. The smallest absolute Gasteiger partial charge is 0.234 e. The molecule has 1 N–H and O–H groups in total. The summed E-state index contributed by atoms with van der Waals surface area (Å²) >= 11 is 0. The summed E-state index contributed by atoms with van der Waals surface area (Å²) in [5, 5.41) is 7.53. The number of ether oxygens (including phenoxy) is 1. The van der Waals surface area contributed by atoms with E-state index >= 15 is 0 Å². The van der Waals surface area contributed by atoms with E-state index in [1.807, 2.05) is 32.9 Å². The molecule has 1 aromatic carbocycles. The van der Waals surface area contributed by atoms with Gasteiger partial charge in [-0.05, 0) is 38.8 Å². The molecule has 0 aliphatic carbocycles. The van der Waals surface area contributed by atoms with Gasteiger partial charge in [-0.15, -0.1) is 0 Å². The van der Waals surface area contributed by atoms with Gasteiger partial charge in [-0.1, -0.05) is 23.4 Å². The van der Waals surface area contributed by atoms with Crippen molar-refractivity contribution < 1.29 is 9.26 Å². The maximum atomic E-state index is 5.69. The maximum absolute atomic E-state index is 5.69. The first-order valence-corrected chi connectivity index (χ1v) is 7.42. The van der Waals surface area contributed by atoms with Gasteiger partial charge in [0.2, 0.25) is 11.7 Å². The molecule has 2 aromatic rings. The number of anilines is 1. The van der Waals surface area contributed by atoms with E-state index in [1.165, 1.54) is 5.56 Å². The first kappa shape index (κ1) is 14.1. The Labute approximate surface area is 124 Å². The fourth-order valence-electron chi connectivity index (χ4n) is 2.77. The van der Waals surface area contributed by atoms with Gasteiger partial charge in [0.1, 0.15) is 5.60 Å². The minimum atomic E-state index is -0.525. The molecule has 5 heteroatoms. The Hall–Kier alpha value is -1.88. The Kier molecular flexibility index (Phi) is 3.68. The molecule has 5 nitrogen and oxygen atoms in total. The predicted octanol–water partition coefficient (Wildman–Crippen LogP) is 3.29. The molecule has 0 fully saturated rings. The number of hydrogen-bond donors (Lipinski definition) is 1. The van der Waals surface area contributed by atoms with Gasteiger partial charge in [-0.3, -0.25) is 0 Å². The molecule has 112 valence electrons. The van der Waals surface area contributed by atoms with Crippen LogP contribution >= 0.6 is 0 Å². The standard InChI is InChI=1S/C16H21N3O2/c1-4-20-16(2,3)15-18-14(21-19-15)12-9-10-17-13-8-6-5-7-11(12)13/h5-8,12,17H,4,9-10H2,1-3H3. The Balaban J connectivity index is 1.91. The molecule has 3 rings (SSSR count). The van der Waals surface area contributed by atoms with Crippen molar-refractivity contribution in [2.45, 2.75) is 38.7 Å². The third kappa shape index (κ3) is 2.65. The van der Waals surface area contributed by atoms with Gasteiger partial charge >= 0.3 is 0 Å². The molecular formula is C16H21N3O2. The van der Waals surface area contributed by atoms with Gasteiger partial charge in [-0.25, -0.2) is 0 Å². The average Bonchev–Trinajstić information content (AvgIpc) is 2.97. The van der Waals surface area contributed by atoms with E-state index < -0.39 is 5.60 Å². The summed E-state index contributed by atoms with van der Waals surface area (Å²) in [6.45, 7) is 7.41. The van der Waals surface area contributed by atoms with Crippen LogP contribution < -0.4 is 5.32 Å². The van der Waals surface area contributed by atoms with Gasteiger partial charge in [0.05, 0.1) is 5.92 Å². The second-order valence-corrected chi connectivity index (χ2v) is 5.75. The van der Waals surface area contributed by atoms with Crippen molar-refractivity contribution in [1.82, 2.24) is 10.1 Å². The first-order chi connectivity index (χ1) is 10.1. The lowest BCUT2D eigenvalue weighted by Crippen LogP contribution is -2.23. The first-order valence-electron chi connectivity index (χ1n) is 7.42. The number of aromatic nitrogens is 2. The molecule has 0 bridgehead atoms. The summed E-state index contributed by atoms with van der Waals surface area (Å²) in [7, 11) is 0. The summed E-state index contributed by atoms with van der Waals surface area (Å²) < 4.78 is 11.2. The lowest BCUT2D eigenvalue weighted by Gasteiger charge is -2.24. The summed E-state index contributed by atoms with van der Waals surface area (Å²) in [5.74, 6) is 1.43. The predicted molar refractivity (Wildman–Crippen MR) is 80.3 cm³/mol. The highest BCUT2D eigenvalue weighted by atomic mass is 16.5. The Bertz CT molecular complexity index is 621. The van der Waals surface area contributed by atoms with Gasteiger partial charge in [0.15, 0.2) is 0 Å². The van der Waals surface area contributed by atoms with Crippen LogP contribution in [0.2, 0.25) is 0 Å². The van der Waals surface area contributed by atoms with Crippen molar-refractivity contribution in [3.8, 4) is 0 Å². The van der Waals surface area contributed by atoms with E-state index in [4.69, 9.17) is 9.26 Å². The number of para-hydroxylation sites is 1. The lowest BCUT2D eigenvalue weighted by molar-refractivity contribution is -0.0221. The molecule has 0 saturated heterocycles. The minimum Gasteiger partial charge on any atom is -0.385 e. The Morgan fingerprint density at radius 3 is 3.00 bits per heavy atom. The summed E-state index contributed by atoms with van der Waals surface area (Å²) in [6, 6.07) is 8.28. The second kappa shape index (κ2) is 5.48. The van der Waals surface area contributed by atoms with Crippen LogP contribution in [0.25, 0.3) is 0 Å². The zero-order valence-electron chi connectivity index (χ0n) is 12.7. The number of fused-ring (bicyclic) bond motifs is 1. The number of nitrogens with zero attached hydrogens (tertiary/aromatic N) is 2. The highest BCUT2D eigenvalue weighted by Gasteiger charge is 2.31. The number of benzene rings is 1. The summed E-state index contributed by atoms with van der Waals surface area (Å²) in [5.41, 5.74) is 1.84. The average molecular weight is 287 g/mol. The molecular weight excluding hydrogens is 266 g/mol. The van der Waals surface area contributed by atoms with Gasteiger partial charge in [0.25, 0.3) is 0 Å². The largest absolute Gasteiger partial charge is 0.385 e. The van der Waals surface area contributed by atoms with E-state index in [9.17, 15) is 0 Å². The highest BCUT2D eigenvalue weighted by molar-refractivity contribution is 5.56. The van der Waals surface area contributed by atoms with Gasteiger partial charge < -0.3 is 14.6 Å². The number of rotatable bonds is 4. The number of hydrogen-bond acceptors (Lipinski definition) is 5. The Morgan fingerprint density at radius 1 is 1.38 bits per heavy atom. The minimum absolute atomic E-state index is 0.154. The molecule has 0 spiro atoms. The van der Waals surface area contributed by atoms with Crippen molar-refractivity contribution >= 4 is 5.69 Å². The van der Waals surface area contributed by atoms with Crippen molar-refractivity contribution in [2.75, 3.05) is 18.5 Å². The van der Waals surface area contributed by atoms with E-state index in [0.717, 1.165) is 18.7 Å².